The van der Waals surface area contributed by atoms with E-state index in [1.807, 2.05) is 24.3 Å². The van der Waals surface area contributed by atoms with Crippen molar-refractivity contribution in [2.75, 3.05) is 7.05 Å². The number of amides is 1. The van der Waals surface area contributed by atoms with Gasteiger partial charge in [-0.05, 0) is 29.8 Å². The molecule has 0 radical (unpaired) electrons. The van der Waals surface area contributed by atoms with Crippen LogP contribution in [0.1, 0.15) is 21.6 Å². The molecule has 2 rings (SSSR count). The maximum absolute atomic E-state index is 12.3. The normalized spacial score (nSPS) is 10.2. The van der Waals surface area contributed by atoms with Gasteiger partial charge < -0.3 is 10.6 Å². The van der Waals surface area contributed by atoms with Gasteiger partial charge in [0.25, 0.3) is 5.91 Å². The van der Waals surface area contributed by atoms with Crippen LogP contribution in [-0.4, -0.2) is 27.8 Å². The lowest BCUT2D eigenvalue weighted by Gasteiger charge is -2.17. The Morgan fingerprint density at radius 3 is 2.48 bits per heavy atom. The third-order valence-corrected chi connectivity index (χ3v) is 3.71. The first-order valence-corrected chi connectivity index (χ1v) is 7.43. The maximum Gasteiger partial charge on any atom is 0.272 e. The molecule has 1 amide bonds. The Morgan fingerprint density at radius 2 is 1.95 bits per heavy atom. The molecule has 2 N–H and O–H groups in total. The lowest BCUT2D eigenvalue weighted by Crippen LogP contribution is -2.27. The van der Waals surface area contributed by atoms with E-state index in [4.69, 9.17) is 18.0 Å². The average Bonchev–Trinajstić information content (AvgIpc) is 2.49. The number of aromatic nitrogens is 1. The van der Waals surface area contributed by atoms with Crippen molar-refractivity contribution in [2.45, 2.75) is 6.54 Å². The lowest BCUT2D eigenvalue weighted by molar-refractivity contribution is 0.0779. The molecule has 6 heteroatoms. The Balaban J connectivity index is 2.08. The zero-order chi connectivity index (χ0) is 15.4. The Morgan fingerprint density at radius 1 is 1.29 bits per heavy atom. The standard InChI is InChI=1S/C15H14BrN3OS/c1-19(9-10-2-5-12(16)6-3-10)15(20)13-7-4-11(8-18-13)14(17)21/h2-8H,9H2,1H3,(H2,17,21). The highest BCUT2D eigenvalue weighted by Crippen LogP contribution is 2.13. The van der Waals surface area contributed by atoms with E-state index in [0.717, 1.165) is 10.0 Å². The summed E-state index contributed by atoms with van der Waals surface area (Å²) in [6.45, 7) is 0.519. The molecule has 1 aromatic carbocycles. The van der Waals surface area contributed by atoms with E-state index in [0.29, 0.717) is 17.8 Å². The van der Waals surface area contributed by atoms with Crippen LogP contribution in [0.2, 0.25) is 0 Å². The van der Waals surface area contributed by atoms with E-state index >= 15 is 0 Å². The van der Waals surface area contributed by atoms with Crippen molar-refractivity contribution in [1.29, 1.82) is 0 Å². The number of rotatable bonds is 4. The summed E-state index contributed by atoms with van der Waals surface area (Å²) in [5.74, 6) is -0.146. The van der Waals surface area contributed by atoms with Crippen LogP contribution in [0, 0.1) is 0 Å². The second-order valence-electron chi connectivity index (χ2n) is 4.58. The van der Waals surface area contributed by atoms with Gasteiger partial charge in [-0.1, -0.05) is 40.3 Å². The predicted octanol–water partition coefficient (Wildman–Crippen LogP) is 2.75. The smallest absolute Gasteiger partial charge is 0.272 e. The third-order valence-electron chi connectivity index (χ3n) is 2.95. The summed E-state index contributed by atoms with van der Waals surface area (Å²) in [7, 11) is 1.74. The number of hydrogen-bond acceptors (Lipinski definition) is 3. The molecule has 2 aromatic rings. The van der Waals surface area contributed by atoms with E-state index in [1.54, 1.807) is 24.1 Å². The summed E-state index contributed by atoms with van der Waals surface area (Å²) < 4.78 is 1.01. The summed E-state index contributed by atoms with van der Waals surface area (Å²) in [6, 6.07) is 11.2. The maximum atomic E-state index is 12.3. The fraction of sp³-hybridized carbons (Fsp3) is 0.133. The van der Waals surface area contributed by atoms with Gasteiger partial charge in [0.15, 0.2) is 0 Å². The van der Waals surface area contributed by atoms with Crippen molar-refractivity contribution < 1.29 is 4.79 Å². The number of nitrogens with two attached hydrogens (primary N) is 1. The Labute approximate surface area is 137 Å². The quantitative estimate of drug-likeness (QED) is 0.848. The molecular weight excluding hydrogens is 350 g/mol. The van der Waals surface area contributed by atoms with E-state index in [2.05, 4.69) is 20.9 Å². The number of benzene rings is 1. The number of pyridine rings is 1. The molecule has 0 unspecified atom stereocenters. The number of halogens is 1. The lowest BCUT2D eigenvalue weighted by atomic mass is 10.2. The van der Waals surface area contributed by atoms with E-state index in [1.165, 1.54) is 6.20 Å². The van der Waals surface area contributed by atoms with Crippen molar-refractivity contribution >= 4 is 39.0 Å². The molecule has 0 fully saturated rings. The number of carbonyl (C=O) groups is 1. The average molecular weight is 364 g/mol. The number of thiocarbonyl (C=S) groups is 1. The fourth-order valence-electron chi connectivity index (χ4n) is 1.80. The van der Waals surface area contributed by atoms with Crippen molar-refractivity contribution in [1.82, 2.24) is 9.88 Å². The molecule has 0 spiro atoms. The van der Waals surface area contributed by atoms with Gasteiger partial charge in [0.2, 0.25) is 0 Å². The summed E-state index contributed by atoms with van der Waals surface area (Å²) in [6.07, 6.45) is 1.52. The summed E-state index contributed by atoms with van der Waals surface area (Å²) in [5.41, 5.74) is 7.58. The molecular formula is C15H14BrN3OS. The summed E-state index contributed by atoms with van der Waals surface area (Å²) >= 11 is 8.24. The second kappa shape index (κ2) is 6.78. The SMILES string of the molecule is CN(Cc1ccc(Br)cc1)C(=O)c1ccc(C(N)=S)cn1. The van der Waals surface area contributed by atoms with Crippen LogP contribution in [0.3, 0.4) is 0 Å². The van der Waals surface area contributed by atoms with E-state index in [-0.39, 0.29) is 10.9 Å². The van der Waals surface area contributed by atoms with Gasteiger partial charge in [0, 0.05) is 29.8 Å². The second-order valence-corrected chi connectivity index (χ2v) is 5.94. The van der Waals surface area contributed by atoms with Crippen molar-refractivity contribution in [3.05, 3.63) is 63.9 Å². The largest absolute Gasteiger partial charge is 0.389 e. The van der Waals surface area contributed by atoms with Gasteiger partial charge in [-0.3, -0.25) is 9.78 Å². The fourth-order valence-corrected chi connectivity index (χ4v) is 2.18. The monoisotopic (exact) mass is 363 g/mol. The zero-order valence-corrected chi connectivity index (χ0v) is 13.8. The third kappa shape index (κ3) is 4.09. The van der Waals surface area contributed by atoms with Crippen LogP contribution in [0.15, 0.2) is 47.1 Å². The first kappa shape index (κ1) is 15.6. The van der Waals surface area contributed by atoms with Gasteiger partial charge in [-0.2, -0.15) is 0 Å². The van der Waals surface area contributed by atoms with Gasteiger partial charge in [0.05, 0.1) is 0 Å². The molecule has 0 saturated heterocycles. The molecule has 0 aliphatic heterocycles. The van der Waals surface area contributed by atoms with Crippen LogP contribution in [0.25, 0.3) is 0 Å². The first-order valence-electron chi connectivity index (χ1n) is 6.23. The highest BCUT2D eigenvalue weighted by molar-refractivity contribution is 9.10. The molecule has 0 saturated carbocycles. The van der Waals surface area contributed by atoms with Crippen LogP contribution < -0.4 is 5.73 Å². The molecule has 1 aromatic heterocycles. The minimum absolute atomic E-state index is 0.146. The topological polar surface area (TPSA) is 59.2 Å². The number of nitrogens with zero attached hydrogens (tertiary/aromatic N) is 2. The zero-order valence-electron chi connectivity index (χ0n) is 11.4. The molecule has 108 valence electrons. The Bertz CT molecular complexity index is 656. The molecule has 4 nitrogen and oxygen atoms in total. The molecule has 1 heterocycles. The minimum Gasteiger partial charge on any atom is -0.389 e. The molecule has 0 aliphatic rings. The molecule has 21 heavy (non-hydrogen) atoms. The minimum atomic E-state index is -0.146. The highest BCUT2D eigenvalue weighted by Gasteiger charge is 2.13. The highest BCUT2D eigenvalue weighted by atomic mass is 79.9. The van der Waals surface area contributed by atoms with Crippen LogP contribution in [0.5, 0.6) is 0 Å². The number of hydrogen-bond donors (Lipinski definition) is 1. The van der Waals surface area contributed by atoms with Crippen molar-refractivity contribution in [2.24, 2.45) is 5.73 Å². The van der Waals surface area contributed by atoms with Crippen LogP contribution in [-0.2, 0) is 6.54 Å². The summed E-state index contributed by atoms with van der Waals surface area (Å²) in [4.78, 5) is 18.3. The molecule has 0 aliphatic carbocycles. The molecule has 0 bridgehead atoms. The van der Waals surface area contributed by atoms with Crippen molar-refractivity contribution in [3.63, 3.8) is 0 Å². The first-order chi connectivity index (χ1) is 9.97. The van der Waals surface area contributed by atoms with Gasteiger partial charge in [-0.25, -0.2) is 0 Å². The Kier molecular flexibility index (Phi) is 5.03. The van der Waals surface area contributed by atoms with E-state index in [9.17, 15) is 4.79 Å². The van der Waals surface area contributed by atoms with Gasteiger partial charge in [-0.15, -0.1) is 0 Å². The number of carbonyl (C=O) groups excluding carboxylic acids is 1. The van der Waals surface area contributed by atoms with E-state index < -0.39 is 0 Å². The van der Waals surface area contributed by atoms with Crippen LogP contribution in [0.4, 0.5) is 0 Å². The summed E-state index contributed by atoms with van der Waals surface area (Å²) in [5, 5.41) is 0. The van der Waals surface area contributed by atoms with Gasteiger partial charge >= 0.3 is 0 Å². The molecule has 0 atom stereocenters. The van der Waals surface area contributed by atoms with Crippen molar-refractivity contribution in [3.8, 4) is 0 Å². The predicted molar refractivity (Wildman–Crippen MR) is 90.1 cm³/mol. The van der Waals surface area contributed by atoms with Crippen LogP contribution >= 0.6 is 28.1 Å². The van der Waals surface area contributed by atoms with Gasteiger partial charge in [0.1, 0.15) is 10.7 Å². The Hall–Kier alpha value is -1.79.